The van der Waals surface area contributed by atoms with E-state index in [1.165, 1.54) is 6.08 Å². The first-order valence-corrected chi connectivity index (χ1v) is 7.72. The molecule has 0 spiro atoms. The number of para-hydroxylation sites is 2. The topological polar surface area (TPSA) is 46.3 Å². The third-order valence-corrected chi connectivity index (χ3v) is 3.62. The predicted octanol–water partition coefficient (Wildman–Crippen LogP) is 4.65. The number of carbonyl (C=O) groups is 1. The summed E-state index contributed by atoms with van der Waals surface area (Å²) in [7, 11) is 0. The zero-order valence-electron chi connectivity index (χ0n) is 13.2. The van der Waals surface area contributed by atoms with Gasteiger partial charge in [-0.05, 0) is 48.0 Å². The van der Waals surface area contributed by atoms with Crippen molar-refractivity contribution in [1.29, 1.82) is 0 Å². The van der Waals surface area contributed by atoms with E-state index in [9.17, 15) is 4.79 Å². The quantitative estimate of drug-likeness (QED) is 0.696. The summed E-state index contributed by atoms with van der Waals surface area (Å²) in [5, 5.41) is 0. The third-order valence-electron chi connectivity index (χ3n) is 3.62. The number of anilines is 3. The minimum absolute atomic E-state index is 0.450. The van der Waals surface area contributed by atoms with Gasteiger partial charge in [-0.1, -0.05) is 48.5 Å². The molecule has 0 saturated carbocycles. The first-order valence-electron chi connectivity index (χ1n) is 7.72. The average Bonchev–Trinajstić information content (AvgIpc) is 2.63. The Morgan fingerprint density at radius 1 is 0.708 bits per heavy atom. The summed E-state index contributed by atoms with van der Waals surface area (Å²) in [5.74, 6) is -0.450. The highest BCUT2D eigenvalue weighted by atomic mass is 16.1. The van der Waals surface area contributed by atoms with Crippen molar-refractivity contribution in [2.24, 2.45) is 5.73 Å². The van der Waals surface area contributed by atoms with E-state index in [4.69, 9.17) is 5.73 Å². The lowest BCUT2D eigenvalue weighted by atomic mass is 10.1. The Kier molecular flexibility index (Phi) is 4.73. The van der Waals surface area contributed by atoms with Crippen molar-refractivity contribution < 1.29 is 4.79 Å². The van der Waals surface area contributed by atoms with Gasteiger partial charge in [-0.3, -0.25) is 4.79 Å². The summed E-state index contributed by atoms with van der Waals surface area (Å²) < 4.78 is 0. The number of primary amides is 1. The maximum absolute atomic E-state index is 10.8. The highest BCUT2D eigenvalue weighted by Crippen LogP contribution is 2.34. The van der Waals surface area contributed by atoms with Crippen LogP contribution in [0, 0.1) is 0 Å². The molecule has 3 aromatic rings. The van der Waals surface area contributed by atoms with Gasteiger partial charge in [0, 0.05) is 23.1 Å². The molecule has 0 bridgehead atoms. The molecule has 3 rings (SSSR count). The van der Waals surface area contributed by atoms with E-state index in [1.807, 2.05) is 60.7 Å². The SMILES string of the molecule is NC(=O)C=Cc1ccc(N(c2ccccc2)c2ccccc2)cc1. The van der Waals surface area contributed by atoms with Gasteiger partial charge >= 0.3 is 0 Å². The predicted molar refractivity (Wildman–Crippen MR) is 99.4 cm³/mol. The van der Waals surface area contributed by atoms with Crippen LogP contribution in [-0.4, -0.2) is 5.91 Å². The van der Waals surface area contributed by atoms with Crippen molar-refractivity contribution in [3.63, 3.8) is 0 Å². The van der Waals surface area contributed by atoms with E-state index in [0.29, 0.717) is 0 Å². The largest absolute Gasteiger partial charge is 0.366 e. The number of nitrogens with two attached hydrogens (primary N) is 1. The molecular weight excluding hydrogens is 296 g/mol. The normalized spacial score (nSPS) is 10.7. The summed E-state index contributed by atoms with van der Waals surface area (Å²) in [4.78, 5) is 13.0. The molecule has 0 aromatic heterocycles. The highest BCUT2D eigenvalue weighted by Gasteiger charge is 2.11. The fourth-order valence-electron chi connectivity index (χ4n) is 2.51. The molecule has 2 N–H and O–H groups in total. The Labute approximate surface area is 141 Å². The highest BCUT2D eigenvalue weighted by molar-refractivity contribution is 5.90. The fraction of sp³-hybridized carbons (Fsp3) is 0. The summed E-state index contributed by atoms with van der Waals surface area (Å²) in [6.45, 7) is 0. The van der Waals surface area contributed by atoms with Crippen molar-refractivity contribution in [3.8, 4) is 0 Å². The van der Waals surface area contributed by atoms with Crippen LogP contribution in [0.15, 0.2) is 91.0 Å². The first kappa shape index (κ1) is 15.6. The second-order valence-electron chi connectivity index (χ2n) is 5.33. The van der Waals surface area contributed by atoms with Gasteiger partial charge in [0.2, 0.25) is 5.91 Å². The minimum atomic E-state index is -0.450. The van der Waals surface area contributed by atoms with Crippen LogP contribution in [0.5, 0.6) is 0 Å². The number of carbonyl (C=O) groups excluding carboxylic acids is 1. The van der Waals surface area contributed by atoms with Gasteiger partial charge < -0.3 is 10.6 Å². The van der Waals surface area contributed by atoms with Gasteiger partial charge in [0.1, 0.15) is 0 Å². The Morgan fingerprint density at radius 3 is 1.62 bits per heavy atom. The van der Waals surface area contributed by atoms with E-state index in [1.54, 1.807) is 6.08 Å². The lowest BCUT2D eigenvalue weighted by molar-refractivity contribution is -0.113. The van der Waals surface area contributed by atoms with Crippen molar-refractivity contribution >= 4 is 29.0 Å². The van der Waals surface area contributed by atoms with Crippen molar-refractivity contribution in [3.05, 3.63) is 96.6 Å². The Hall–Kier alpha value is -3.33. The smallest absolute Gasteiger partial charge is 0.241 e. The number of benzene rings is 3. The van der Waals surface area contributed by atoms with Gasteiger partial charge in [0.25, 0.3) is 0 Å². The van der Waals surface area contributed by atoms with Crippen LogP contribution in [0.1, 0.15) is 5.56 Å². The fourth-order valence-corrected chi connectivity index (χ4v) is 2.51. The standard InChI is InChI=1S/C21H18N2O/c22-21(24)16-13-17-11-14-20(15-12-17)23(18-7-3-1-4-8-18)19-9-5-2-6-10-19/h1-16H,(H2,22,24). The summed E-state index contributed by atoms with van der Waals surface area (Å²) in [5.41, 5.74) is 9.29. The maximum Gasteiger partial charge on any atom is 0.241 e. The van der Waals surface area contributed by atoms with Gasteiger partial charge in [0.05, 0.1) is 0 Å². The van der Waals surface area contributed by atoms with Crippen molar-refractivity contribution in [1.82, 2.24) is 0 Å². The summed E-state index contributed by atoms with van der Waals surface area (Å²) in [6, 6.07) is 28.4. The molecule has 0 aliphatic heterocycles. The van der Waals surface area contributed by atoms with E-state index in [2.05, 4.69) is 29.2 Å². The van der Waals surface area contributed by atoms with Crippen molar-refractivity contribution in [2.75, 3.05) is 4.90 Å². The summed E-state index contributed by atoms with van der Waals surface area (Å²) >= 11 is 0. The monoisotopic (exact) mass is 314 g/mol. The molecule has 0 atom stereocenters. The molecule has 3 heteroatoms. The number of nitrogens with zero attached hydrogens (tertiary/aromatic N) is 1. The van der Waals surface area contributed by atoms with Gasteiger partial charge in [-0.15, -0.1) is 0 Å². The van der Waals surface area contributed by atoms with E-state index >= 15 is 0 Å². The number of hydrogen-bond acceptors (Lipinski definition) is 2. The second-order valence-corrected chi connectivity index (χ2v) is 5.33. The van der Waals surface area contributed by atoms with E-state index in [0.717, 1.165) is 22.6 Å². The number of hydrogen-bond donors (Lipinski definition) is 1. The molecule has 0 radical (unpaired) electrons. The Morgan fingerprint density at radius 2 is 1.17 bits per heavy atom. The van der Waals surface area contributed by atoms with Crippen LogP contribution in [0.3, 0.4) is 0 Å². The molecule has 0 aliphatic carbocycles. The molecule has 3 nitrogen and oxygen atoms in total. The Bertz CT molecular complexity index is 785. The van der Waals surface area contributed by atoms with Crippen LogP contribution < -0.4 is 10.6 Å². The zero-order valence-corrected chi connectivity index (χ0v) is 13.2. The zero-order chi connectivity index (χ0) is 16.8. The second kappa shape index (κ2) is 7.29. The lowest BCUT2D eigenvalue weighted by Gasteiger charge is -2.25. The van der Waals surface area contributed by atoms with Crippen molar-refractivity contribution in [2.45, 2.75) is 0 Å². The van der Waals surface area contributed by atoms with Crippen LogP contribution in [-0.2, 0) is 4.79 Å². The molecule has 0 aliphatic rings. The molecule has 0 heterocycles. The molecule has 24 heavy (non-hydrogen) atoms. The van der Waals surface area contributed by atoms with Crippen LogP contribution in [0.25, 0.3) is 6.08 Å². The van der Waals surface area contributed by atoms with E-state index < -0.39 is 5.91 Å². The van der Waals surface area contributed by atoms with Crippen LogP contribution in [0.2, 0.25) is 0 Å². The maximum atomic E-state index is 10.8. The van der Waals surface area contributed by atoms with Gasteiger partial charge in [-0.25, -0.2) is 0 Å². The summed E-state index contributed by atoms with van der Waals surface area (Å²) in [6.07, 6.45) is 3.07. The molecule has 0 saturated heterocycles. The Balaban J connectivity index is 1.99. The third kappa shape index (κ3) is 3.70. The minimum Gasteiger partial charge on any atom is -0.366 e. The van der Waals surface area contributed by atoms with Gasteiger partial charge in [0.15, 0.2) is 0 Å². The molecule has 0 fully saturated rings. The van der Waals surface area contributed by atoms with Gasteiger partial charge in [-0.2, -0.15) is 0 Å². The number of rotatable bonds is 5. The van der Waals surface area contributed by atoms with Crippen LogP contribution in [0.4, 0.5) is 17.1 Å². The molecule has 3 aromatic carbocycles. The van der Waals surface area contributed by atoms with Crippen LogP contribution >= 0.6 is 0 Å². The molecule has 0 unspecified atom stereocenters. The molecule has 118 valence electrons. The van der Waals surface area contributed by atoms with E-state index in [-0.39, 0.29) is 0 Å². The first-order chi connectivity index (χ1) is 11.7. The molecular formula is C21H18N2O. The average molecular weight is 314 g/mol. The number of amides is 1. The lowest BCUT2D eigenvalue weighted by Crippen LogP contribution is -2.09. The molecule has 1 amide bonds.